The summed E-state index contributed by atoms with van der Waals surface area (Å²) < 4.78 is 22.4. The van der Waals surface area contributed by atoms with E-state index in [0.29, 0.717) is 11.7 Å². The molecule has 0 spiro atoms. The van der Waals surface area contributed by atoms with Gasteiger partial charge in [0, 0.05) is 18.1 Å². The van der Waals surface area contributed by atoms with Crippen molar-refractivity contribution in [1.82, 2.24) is 9.97 Å². The van der Waals surface area contributed by atoms with Gasteiger partial charge in [0.05, 0.1) is 17.7 Å². The highest BCUT2D eigenvalue weighted by atomic mass is 32.2. The molecule has 0 fully saturated rings. The summed E-state index contributed by atoms with van der Waals surface area (Å²) in [5, 5.41) is 6.66. The number of aromatic nitrogens is 2. The summed E-state index contributed by atoms with van der Waals surface area (Å²) in [5.41, 5.74) is 0. The van der Waals surface area contributed by atoms with Crippen molar-refractivity contribution >= 4 is 37.8 Å². The molecule has 0 saturated heterocycles. The van der Waals surface area contributed by atoms with Gasteiger partial charge in [-0.15, -0.1) is 11.3 Å². The lowest BCUT2D eigenvalue weighted by Crippen LogP contribution is -2.15. The van der Waals surface area contributed by atoms with Gasteiger partial charge in [-0.05, 0) is 6.92 Å². The predicted molar refractivity (Wildman–Crippen MR) is 72.4 cm³/mol. The number of nitrogens with zero attached hydrogens (tertiary/aromatic N) is 3. The number of anilines is 1. The number of nitrogens with two attached hydrogens (primary N) is 1. The van der Waals surface area contributed by atoms with E-state index >= 15 is 0 Å². The maximum atomic E-state index is 11.2. The molecule has 0 aliphatic carbocycles. The second-order valence-corrected chi connectivity index (χ2v) is 7.83. The molecule has 9 heteroatoms. The SMILES string of the molecule is Cc1ncc(CN(C)c2ncc(S(N)(=O)=O)s2)s1. The summed E-state index contributed by atoms with van der Waals surface area (Å²) in [5.74, 6) is 0. The van der Waals surface area contributed by atoms with Gasteiger partial charge in [-0.2, -0.15) is 0 Å². The minimum Gasteiger partial charge on any atom is -0.346 e. The van der Waals surface area contributed by atoms with Crippen molar-refractivity contribution in [2.24, 2.45) is 5.14 Å². The van der Waals surface area contributed by atoms with Gasteiger partial charge in [-0.1, -0.05) is 11.3 Å². The number of primary sulfonamides is 1. The van der Waals surface area contributed by atoms with Gasteiger partial charge in [0.1, 0.15) is 0 Å². The van der Waals surface area contributed by atoms with Gasteiger partial charge in [-0.25, -0.2) is 23.5 Å². The third-order valence-corrected chi connectivity index (χ3v) is 5.56. The number of hydrogen-bond donors (Lipinski definition) is 1. The zero-order valence-corrected chi connectivity index (χ0v) is 12.3. The average molecular weight is 304 g/mol. The summed E-state index contributed by atoms with van der Waals surface area (Å²) in [6.07, 6.45) is 3.09. The molecule has 2 aromatic heterocycles. The van der Waals surface area contributed by atoms with Crippen LogP contribution < -0.4 is 10.0 Å². The molecule has 2 aromatic rings. The Morgan fingerprint density at radius 3 is 2.56 bits per heavy atom. The monoisotopic (exact) mass is 304 g/mol. The van der Waals surface area contributed by atoms with Gasteiger partial charge in [-0.3, -0.25) is 0 Å². The van der Waals surface area contributed by atoms with Crippen LogP contribution in [0.4, 0.5) is 5.13 Å². The first kappa shape index (κ1) is 13.4. The largest absolute Gasteiger partial charge is 0.346 e. The predicted octanol–water partition coefficient (Wildman–Crippen LogP) is 1.19. The Kier molecular flexibility index (Phi) is 3.66. The van der Waals surface area contributed by atoms with Crippen LogP contribution in [-0.2, 0) is 16.6 Å². The van der Waals surface area contributed by atoms with Crippen LogP contribution >= 0.6 is 22.7 Å². The first-order valence-corrected chi connectivity index (χ1v) is 8.15. The molecule has 2 N–H and O–H groups in total. The average Bonchev–Trinajstić information content (AvgIpc) is 2.85. The van der Waals surface area contributed by atoms with Crippen LogP contribution in [0.15, 0.2) is 16.6 Å². The molecule has 0 aliphatic heterocycles. The van der Waals surface area contributed by atoms with E-state index in [0.717, 1.165) is 21.2 Å². The van der Waals surface area contributed by atoms with Crippen LogP contribution in [0.2, 0.25) is 0 Å². The standard InChI is InChI=1S/C9H12N4O2S3/c1-6-11-3-7(16-6)5-13(2)9-12-4-8(17-9)18(10,14)15/h3-4H,5H2,1-2H3,(H2,10,14,15). The third kappa shape index (κ3) is 3.05. The van der Waals surface area contributed by atoms with E-state index in [-0.39, 0.29) is 4.21 Å². The summed E-state index contributed by atoms with van der Waals surface area (Å²) >= 11 is 2.66. The Morgan fingerprint density at radius 2 is 2.06 bits per heavy atom. The third-order valence-electron chi connectivity index (χ3n) is 2.14. The molecule has 2 heterocycles. The molecule has 0 saturated carbocycles. The molecule has 2 rings (SSSR count). The number of aryl methyl sites for hydroxylation is 1. The van der Waals surface area contributed by atoms with Gasteiger partial charge >= 0.3 is 0 Å². The molecule has 0 aliphatic rings. The van der Waals surface area contributed by atoms with E-state index in [1.54, 1.807) is 11.3 Å². The molecule has 98 valence electrons. The second-order valence-electron chi connectivity index (χ2n) is 3.71. The van der Waals surface area contributed by atoms with Crippen LogP contribution in [0.3, 0.4) is 0 Å². The molecular weight excluding hydrogens is 292 g/mol. The maximum Gasteiger partial charge on any atom is 0.249 e. The van der Waals surface area contributed by atoms with E-state index < -0.39 is 10.0 Å². The van der Waals surface area contributed by atoms with Gasteiger partial charge in [0.15, 0.2) is 9.34 Å². The summed E-state index contributed by atoms with van der Waals surface area (Å²) in [6.45, 7) is 2.58. The van der Waals surface area contributed by atoms with Crippen molar-refractivity contribution in [1.29, 1.82) is 0 Å². The minimum atomic E-state index is -3.66. The molecule has 0 unspecified atom stereocenters. The fourth-order valence-electron chi connectivity index (χ4n) is 1.34. The molecule has 6 nitrogen and oxygen atoms in total. The normalized spacial score (nSPS) is 11.7. The first-order valence-electron chi connectivity index (χ1n) is 4.97. The van der Waals surface area contributed by atoms with Crippen molar-refractivity contribution in [3.63, 3.8) is 0 Å². The molecule has 0 radical (unpaired) electrons. The van der Waals surface area contributed by atoms with E-state index in [9.17, 15) is 8.42 Å². The highest BCUT2D eigenvalue weighted by Gasteiger charge is 2.15. The fraction of sp³-hybridized carbons (Fsp3) is 0.333. The second kappa shape index (κ2) is 4.92. The smallest absolute Gasteiger partial charge is 0.249 e. The van der Waals surface area contributed by atoms with Crippen molar-refractivity contribution in [2.75, 3.05) is 11.9 Å². The quantitative estimate of drug-likeness (QED) is 0.916. The molecular formula is C9H12N4O2S3. The first-order chi connectivity index (χ1) is 8.36. The number of sulfonamides is 1. The van der Waals surface area contributed by atoms with Crippen LogP contribution in [-0.4, -0.2) is 25.4 Å². The van der Waals surface area contributed by atoms with E-state index in [1.807, 2.05) is 25.1 Å². The number of rotatable bonds is 4. The molecule has 0 bridgehead atoms. The van der Waals surface area contributed by atoms with E-state index in [4.69, 9.17) is 5.14 Å². The number of thiazole rings is 2. The zero-order chi connectivity index (χ0) is 13.3. The lowest BCUT2D eigenvalue weighted by atomic mass is 10.5. The summed E-state index contributed by atoms with van der Waals surface area (Å²) in [6, 6.07) is 0. The molecule has 0 amide bonds. The van der Waals surface area contributed by atoms with Gasteiger partial charge < -0.3 is 4.90 Å². The Labute approximate surface area is 113 Å². The highest BCUT2D eigenvalue weighted by Crippen LogP contribution is 2.26. The van der Waals surface area contributed by atoms with E-state index in [2.05, 4.69) is 9.97 Å². The molecule has 0 aromatic carbocycles. The van der Waals surface area contributed by atoms with Crippen molar-refractivity contribution in [3.05, 3.63) is 22.3 Å². The van der Waals surface area contributed by atoms with Crippen molar-refractivity contribution in [2.45, 2.75) is 17.7 Å². The van der Waals surface area contributed by atoms with Gasteiger partial charge in [0.2, 0.25) is 10.0 Å². The molecule has 0 atom stereocenters. The number of hydrogen-bond acceptors (Lipinski definition) is 7. The maximum absolute atomic E-state index is 11.2. The van der Waals surface area contributed by atoms with Crippen LogP contribution in [0.25, 0.3) is 0 Å². The lowest BCUT2D eigenvalue weighted by molar-refractivity contribution is 0.599. The summed E-state index contributed by atoms with van der Waals surface area (Å²) in [4.78, 5) is 11.2. The van der Waals surface area contributed by atoms with Gasteiger partial charge in [0.25, 0.3) is 0 Å². The van der Waals surface area contributed by atoms with E-state index in [1.165, 1.54) is 6.20 Å². The van der Waals surface area contributed by atoms with Crippen LogP contribution in [0, 0.1) is 6.92 Å². The Morgan fingerprint density at radius 1 is 1.33 bits per heavy atom. The highest BCUT2D eigenvalue weighted by molar-refractivity contribution is 7.91. The van der Waals surface area contributed by atoms with Crippen LogP contribution in [0.1, 0.15) is 9.88 Å². The topological polar surface area (TPSA) is 89.2 Å². The Hall–Kier alpha value is -1.03. The van der Waals surface area contributed by atoms with Crippen molar-refractivity contribution < 1.29 is 8.42 Å². The summed E-state index contributed by atoms with van der Waals surface area (Å²) in [7, 11) is -1.82. The minimum absolute atomic E-state index is 0.0739. The fourth-order valence-corrected chi connectivity index (χ4v) is 3.69. The Balaban J connectivity index is 2.14. The zero-order valence-electron chi connectivity index (χ0n) is 9.82. The van der Waals surface area contributed by atoms with Crippen molar-refractivity contribution in [3.8, 4) is 0 Å². The van der Waals surface area contributed by atoms with Crippen LogP contribution in [0.5, 0.6) is 0 Å². The Bertz CT molecular complexity index is 646. The lowest BCUT2D eigenvalue weighted by Gasteiger charge is -2.13. The molecule has 18 heavy (non-hydrogen) atoms.